The highest BCUT2D eigenvalue weighted by Crippen LogP contribution is 2.48. The number of rotatable bonds is 2. The second-order valence-corrected chi connectivity index (χ2v) is 3.73. The Balaban J connectivity index is 2.15. The van der Waals surface area contributed by atoms with E-state index in [-0.39, 0.29) is 0 Å². The highest BCUT2D eigenvalue weighted by molar-refractivity contribution is 6.30. The zero-order chi connectivity index (χ0) is 8.55. The summed E-state index contributed by atoms with van der Waals surface area (Å²) < 4.78 is 0. The fraction of sp³-hybridized carbons (Fsp3) is 0.273. The monoisotopic (exact) mass is 178 g/mol. The lowest BCUT2D eigenvalue weighted by Crippen LogP contribution is -1.79. The van der Waals surface area contributed by atoms with E-state index in [2.05, 4.69) is 18.7 Å². The van der Waals surface area contributed by atoms with E-state index in [1.807, 2.05) is 18.2 Å². The van der Waals surface area contributed by atoms with Crippen LogP contribution in [0.1, 0.15) is 17.9 Å². The predicted octanol–water partition coefficient (Wildman–Crippen LogP) is 3.63. The number of hydrogen-bond acceptors (Lipinski definition) is 0. The van der Waals surface area contributed by atoms with Crippen molar-refractivity contribution < 1.29 is 0 Å². The van der Waals surface area contributed by atoms with Gasteiger partial charge in [0.1, 0.15) is 0 Å². The second kappa shape index (κ2) is 2.95. The van der Waals surface area contributed by atoms with Crippen molar-refractivity contribution in [2.45, 2.75) is 12.3 Å². The highest BCUT2D eigenvalue weighted by atomic mass is 35.5. The third-order valence-electron chi connectivity index (χ3n) is 2.44. The van der Waals surface area contributed by atoms with Crippen molar-refractivity contribution >= 4 is 11.6 Å². The summed E-state index contributed by atoms with van der Waals surface area (Å²) in [4.78, 5) is 0. The van der Waals surface area contributed by atoms with Crippen molar-refractivity contribution in [3.8, 4) is 0 Å². The Morgan fingerprint density at radius 1 is 1.33 bits per heavy atom. The van der Waals surface area contributed by atoms with Gasteiger partial charge in [-0.25, -0.2) is 0 Å². The summed E-state index contributed by atoms with van der Waals surface area (Å²) in [6.07, 6.45) is 3.30. The first kappa shape index (κ1) is 7.88. The molecule has 0 aromatic heterocycles. The smallest absolute Gasteiger partial charge is 0.0406 e. The lowest BCUT2D eigenvalue weighted by Gasteiger charge is -1.97. The Hall–Kier alpha value is -0.750. The van der Waals surface area contributed by atoms with Crippen LogP contribution in [-0.2, 0) is 0 Å². The number of hydrogen-bond donors (Lipinski definition) is 0. The second-order valence-electron chi connectivity index (χ2n) is 3.29. The van der Waals surface area contributed by atoms with Crippen LogP contribution < -0.4 is 0 Å². The van der Waals surface area contributed by atoms with Crippen molar-refractivity contribution in [2.24, 2.45) is 5.92 Å². The van der Waals surface area contributed by atoms with Gasteiger partial charge in [0.15, 0.2) is 0 Å². The zero-order valence-electron chi connectivity index (χ0n) is 6.83. The quantitative estimate of drug-likeness (QED) is 0.607. The van der Waals surface area contributed by atoms with Crippen molar-refractivity contribution in [3.63, 3.8) is 0 Å². The summed E-state index contributed by atoms with van der Waals surface area (Å²) in [5.41, 5.74) is 1.39. The Morgan fingerprint density at radius 3 is 2.50 bits per heavy atom. The van der Waals surface area contributed by atoms with Gasteiger partial charge in [-0.15, -0.1) is 6.58 Å². The molecule has 0 spiro atoms. The van der Waals surface area contributed by atoms with Crippen molar-refractivity contribution in [1.29, 1.82) is 0 Å². The molecule has 12 heavy (non-hydrogen) atoms. The van der Waals surface area contributed by atoms with Gasteiger partial charge in [-0.1, -0.05) is 29.8 Å². The molecule has 0 amide bonds. The summed E-state index contributed by atoms with van der Waals surface area (Å²) >= 11 is 5.79. The van der Waals surface area contributed by atoms with E-state index in [1.54, 1.807) is 0 Å². The van der Waals surface area contributed by atoms with Crippen LogP contribution in [0.15, 0.2) is 36.9 Å². The molecule has 0 aliphatic heterocycles. The normalized spacial score (nSPS) is 26.8. The van der Waals surface area contributed by atoms with E-state index in [9.17, 15) is 0 Å². The van der Waals surface area contributed by atoms with E-state index >= 15 is 0 Å². The van der Waals surface area contributed by atoms with Gasteiger partial charge in [0.05, 0.1) is 0 Å². The minimum absolute atomic E-state index is 0.700. The Morgan fingerprint density at radius 2 is 2.00 bits per heavy atom. The zero-order valence-corrected chi connectivity index (χ0v) is 7.59. The minimum Gasteiger partial charge on any atom is -0.103 e. The average molecular weight is 179 g/mol. The Labute approximate surface area is 77.9 Å². The van der Waals surface area contributed by atoms with Crippen LogP contribution in [0.2, 0.25) is 5.02 Å². The fourth-order valence-corrected chi connectivity index (χ4v) is 1.69. The maximum absolute atomic E-state index is 5.79. The standard InChI is InChI=1S/C11H11Cl/c1-2-8-7-11(8)9-3-5-10(12)6-4-9/h2-6,8,11H,1,7H2/t8-,11+/m1/s1. The third kappa shape index (κ3) is 1.39. The van der Waals surface area contributed by atoms with Crippen molar-refractivity contribution in [3.05, 3.63) is 47.5 Å². The summed E-state index contributed by atoms with van der Waals surface area (Å²) in [6.45, 7) is 3.79. The molecule has 1 aliphatic rings. The van der Waals surface area contributed by atoms with Crippen molar-refractivity contribution in [1.82, 2.24) is 0 Å². The molecule has 62 valence electrons. The molecule has 1 aromatic carbocycles. The summed E-state index contributed by atoms with van der Waals surface area (Å²) in [5, 5.41) is 0.814. The largest absolute Gasteiger partial charge is 0.103 e. The Kier molecular flexibility index (Phi) is 1.93. The van der Waals surface area contributed by atoms with Crippen LogP contribution in [-0.4, -0.2) is 0 Å². The van der Waals surface area contributed by atoms with E-state index in [4.69, 9.17) is 11.6 Å². The molecule has 1 aliphatic carbocycles. The van der Waals surface area contributed by atoms with E-state index in [0.29, 0.717) is 11.8 Å². The first-order chi connectivity index (χ1) is 5.81. The molecule has 0 radical (unpaired) electrons. The van der Waals surface area contributed by atoms with E-state index < -0.39 is 0 Å². The van der Waals surface area contributed by atoms with Gasteiger partial charge in [0.2, 0.25) is 0 Å². The predicted molar refractivity (Wildman–Crippen MR) is 52.5 cm³/mol. The maximum Gasteiger partial charge on any atom is 0.0406 e. The van der Waals surface area contributed by atoms with Crippen LogP contribution in [0.5, 0.6) is 0 Å². The van der Waals surface area contributed by atoms with Gasteiger partial charge >= 0.3 is 0 Å². The Bertz CT molecular complexity index is 286. The third-order valence-corrected chi connectivity index (χ3v) is 2.69. The molecule has 0 nitrogen and oxygen atoms in total. The molecule has 0 saturated heterocycles. The molecule has 1 aromatic rings. The van der Waals surface area contributed by atoms with E-state index in [1.165, 1.54) is 12.0 Å². The fourth-order valence-electron chi connectivity index (χ4n) is 1.57. The van der Waals surface area contributed by atoms with Crippen LogP contribution in [0.4, 0.5) is 0 Å². The van der Waals surface area contributed by atoms with Gasteiger partial charge < -0.3 is 0 Å². The molecule has 0 N–H and O–H groups in total. The topological polar surface area (TPSA) is 0 Å². The van der Waals surface area contributed by atoms with Gasteiger partial charge in [-0.3, -0.25) is 0 Å². The summed E-state index contributed by atoms with van der Waals surface area (Å²) in [6, 6.07) is 8.12. The van der Waals surface area contributed by atoms with Gasteiger partial charge in [0, 0.05) is 5.02 Å². The minimum atomic E-state index is 0.700. The SMILES string of the molecule is C=C[C@@H]1C[C@@H]1c1ccc(Cl)cc1. The molecule has 2 rings (SSSR count). The molecular weight excluding hydrogens is 168 g/mol. The van der Waals surface area contributed by atoms with Crippen LogP contribution in [0.3, 0.4) is 0 Å². The summed E-state index contributed by atoms with van der Waals surface area (Å²) in [7, 11) is 0. The van der Waals surface area contributed by atoms with E-state index in [0.717, 1.165) is 5.02 Å². The van der Waals surface area contributed by atoms with Gasteiger partial charge in [0.25, 0.3) is 0 Å². The molecule has 1 heteroatoms. The molecule has 1 fully saturated rings. The van der Waals surface area contributed by atoms with Crippen LogP contribution in [0.25, 0.3) is 0 Å². The number of halogens is 1. The lowest BCUT2D eigenvalue weighted by atomic mass is 10.1. The first-order valence-electron chi connectivity index (χ1n) is 4.19. The molecule has 2 atom stereocenters. The van der Waals surface area contributed by atoms with Crippen LogP contribution in [0, 0.1) is 5.92 Å². The number of benzene rings is 1. The lowest BCUT2D eigenvalue weighted by molar-refractivity contribution is 1.01. The maximum atomic E-state index is 5.79. The van der Waals surface area contributed by atoms with Crippen molar-refractivity contribution in [2.75, 3.05) is 0 Å². The van der Waals surface area contributed by atoms with Gasteiger partial charge in [-0.05, 0) is 36.0 Å². The molecule has 1 saturated carbocycles. The highest BCUT2D eigenvalue weighted by Gasteiger charge is 2.35. The van der Waals surface area contributed by atoms with Crippen LogP contribution >= 0.6 is 11.6 Å². The molecular formula is C11H11Cl. The molecule has 0 bridgehead atoms. The van der Waals surface area contributed by atoms with Gasteiger partial charge in [-0.2, -0.15) is 0 Å². The summed E-state index contributed by atoms with van der Waals surface area (Å²) in [5.74, 6) is 1.41. The molecule has 0 unspecified atom stereocenters. The molecule has 0 heterocycles. The first-order valence-corrected chi connectivity index (χ1v) is 4.57. The number of allylic oxidation sites excluding steroid dienone is 1. The average Bonchev–Trinajstić information content (AvgIpc) is 2.85.